The van der Waals surface area contributed by atoms with E-state index in [-0.39, 0.29) is 11.5 Å². The Morgan fingerprint density at radius 1 is 1.07 bits per heavy atom. The number of hydrogen-bond acceptors (Lipinski definition) is 7. The van der Waals surface area contributed by atoms with Crippen molar-refractivity contribution in [1.82, 2.24) is 5.32 Å². The Labute approximate surface area is 157 Å². The van der Waals surface area contributed by atoms with Gasteiger partial charge in [-0.25, -0.2) is 4.79 Å². The van der Waals surface area contributed by atoms with Crippen LogP contribution in [-0.2, 0) is 30.4 Å². The van der Waals surface area contributed by atoms with Gasteiger partial charge < -0.3 is 10.5 Å². The summed E-state index contributed by atoms with van der Waals surface area (Å²) >= 11 is 0. The molecule has 0 unspecified atom stereocenters. The largest absolute Gasteiger partial charge is 0.444 e. The van der Waals surface area contributed by atoms with Gasteiger partial charge in [-0.2, -0.15) is 8.42 Å². The Kier molecular flexibility index (Phi) is 7.05. The molecular formula is C18H20N2O6S. The molecule has 27 heavy (non-hydrogen) atoms. The standard InChI is InChI=1S/C18H20N2O6S/c1-13-7-9-15(10-8-13)27(23,24)26-12-16(19)17(21)20-18(22)25-11-14-5-3-2-4-6-14/h2-10,16H,11-12,19H2,1H3,(H,20,21,22)/t16-/m0/s1. The lowest BCUT2D eigenvalue weighted by Crippen LogP contribution is -2.46. The molecule has 1 atom stereocenters. The smallest absolute Gasteiger partial charge is 0.414 e. The summed E-state index contributed by atoms with van der Waals surface area (Å²) in [5, 5.41) is 1.93. The summed E-state index contributed by atoms with van der Waals surface area (Å²) in [5.41, 5.74) is 7.21. The van der Waals surface area contributed by atoms with Gasteiger partial charge in [-0.1, -0.05) is 48.0 Å². The molecule has 0 aromatic heterocycles. The van der Waals surface area contributed by atoms with Crippen molar-refractivity contribution >= 4 is 22.1 Å². The third kappa shape index (κ3) is 6.48. The van der Waals surface area contributed by atoms with Gasteiger partial charge in [0.05, 0.1) is 11.5 Å². The molecule has 0 saturated heterocycles. The van der Waals surface area contributed by atoms with Gasteiger partial charge in [-0.3, -0.25) is 14.3 Å². The number of benzene rings is 2. The van der Waals surface area contributed by atoms with Crippen molar-refractivity contribution in [2.45, 2.75) is 24.5 Å². The Bertz CT molecular complexity index is 882. The molecule has 0 fully saturated rings. The number of carbonyl (C=O) groups is 2. The molecule has 0 heterocycles. The number of nitrogens with two attached hydrogens (primary N) is 1. The van der Waals surface area contributed by atoms with E-state index in [2.05, 4.69) is 0 Å². The Morgan fingerprint density at radius 2 is 1.70 bits per heavy atom. The van der Waals surface area contributed by atoms with Crippen molar-refractivity contribution in [2.75, 3.05) is 6.61 Å². The van der Waals surface area contributed by atoms with E-state index in [1.807, 2.05) is 18.3 Å². The molecule has 0 aliphatic heterocycles. The second kappa shape index (κ2) is 9.26. The fourth-order valence-corrected chi connectivity index (χ4v) is 2.90. The normalized spacial score (nSPS) is 12.2. The van der Waals surface area contributed by atoms with Crippen molar-refractivity contribution in [2.24, 2.45) is 5.73 Å². The van der Waals surface area contributed by atoms with Crippen LogP contribution in [0.15, 0.2) is 59.5 Å². The third-order valence-electron chi connectivity index (χ3n) is 3.49. The number of nitrogens with one attached hydrogen (secondary N) is 1. The van der Waals surface area contributed by atoms with E-state index >= 15 is 0 Å². The molecule has 3 N–H and O–H groups in total. The van der Waals surface area contributed by atoms with Gasteiger partial charge in [0, 0.05) is 0 Å². The van der Waals surface area contributed by atoms with Gasteiger partial charge in [-0.05, 0) is 24.6 Å². The number of ether oxygens (including phenoxy) is 1. The summed E-state index contributed by atoms with van der Waals surface area (Å²) in [7, 11) is -4.06. The van der Waals surface area contributed by atoms with E-state index in [0.29, 0.717) is 0 Å². The molecule has 2 rings (SSSR count). The minimum Gasteiger partial charge on any atom is -0.444 e. The van der Waals surface area contributed by atoms with Crippen LogP contribution < -0.4 is 11.1 Å². The lowest BCUT2D eigenvalue weighted by Gasteiger charge is -2.12. The van der Waals surface area contributed by atoms with E-state index in [0.717, 1.165) is 11.1 Å². The summed E-state index contributed by atoms with van der Waals surface area (Å²) in [4.78, 5) is 23.4. The number of imide groups is 1. The predicted molar refractivity (Wildman–Crippen MR) is 97.1 cm³/mol. The van der Waals surface area contributed by atoms with Crippen molar-refractivity contribution < 1.29 is 26.9 Å². The molecule has 0 spiro atoms. The van der Waals surface area contributed by atoms with Gasteiger partial charge in [0.1, 0.15) is 12.6 Å². The zero-order valence-electron chi connectivity index (χ0n) is 14.6. The quantitative estimate of drug-likeness (QED) is 0.684. The fourth-order valence-electron chi connectivity index (χ4n) is 1.96. The molecular weight excluding hydrogens is 372 g/mol. The van der Waals surface area contributed by atoms with E-state index in [9.17, 15) is 18.0 Å². The third-order valence-corrected chi connectivity index (χ3v) is 4.78. The number of alkyl carbamates (subject to hydrolysis) is 1. The highest BCUT2D eigenvalue weighted by atomic mass is 32.2. The lowest BCUT2D eigenvalue weighted by molar-refractivity contribution is -0.122. The fraction of sp³-hybridized carbons (Fsp3) is 0.222. The Morgan fingerprint density at radius 3 is 2.33 bits per heavy atom. The van der Waals surface area contributed by atoms with Crippen LogP contribution in [0.25, 0.3) is 0 Å². The number of aryl methyl sites for hydroxylation is 1. The molecule has 9 heteroatoms. The summed E-state index contributed by atoms with van der Waals surface area (Å²) < 4.78 is 33.8. The highest BCUT2D eigenvalue weighted by Gasteiger charge is 2.22. The number of carbonyl (C=O) groups excluding carboxylic acids is 2. The highest BCUT2D eigenvalue weighted by molar-refractivity contribution is 7.86. The Balaban J connectivity index is 1.80. The molecule has 2 aromatic carbocycles. The van der Waals surface area contributed by atoms with Crippen molar-refractivity contribution in [3.05, 3.63) is 65.7 Å². The maximum Gasteiger partial charge on any atom is 0.414 e. The molecule has 2 amide bonds. The van der Waals surface area contributed by atoms with E-state index in [1.165, 1.54) is 12.1 Å². The Hall–Kier alpha value is -2.75. The van der Waals surface area contributed by atoms with E-state index < -0.39 is 34.8 Å². The van der Waals surface area contributed by atoms with Crippen LogP contribution >= 0.6 is 0 Å². The molecule has 2 aromatic rings. The van der Waals surface area contributed by atoms with Gasteiger partial charge in [-0.15, -0.1) is 0 Å². The second-order valence-electron chi connectivity index (χ2n) is 5.71. The zero-order chi connectivity index (χ0) is 19.9. The van der Waals surface area contributed by atoms with Crippen LogP contribution in [0.5, 0.6) is 0 Å². The first-order chi connectivity index (χ1) is 12.8. The maximum absolute atomic E-state index is 12.1. The first-order valence-corrected chi connectivity index (χ1v) is 9.42. The van der Waals surface area contributed by atoms with Crippen LogP contribution in [0.3, 0.4) is 0 Å². The summed E-state index contributed by atoms with van der Waals surface area (Å²) in [6.07, 6.45) is -0.985. The lowest BCUT2D eigenvalue weighted by atomic mass is 10.2. The molecule has 0 radical (unpaired) electrons. The first-order valence-electron chi connectivity index (χ1n) is 8.01. The van der Waals surface area contributed by atoms with Crippen LogP contribution in [0.2, 0.25) is 0 Å². The average molecular weight is 392 g/mol. The monoisotopic (exact) mass is 392 g/mol. The number of amides is 2. The van der Waals surface area contributed by atoms with Gasteiger partial charge in [0.25, 0.3) is 10.1 Å². The minimum absolute atomic E-state index is 0.0203. The number of hydrogen-bond donors (Lipinski definition) is 2. The molecule has 8 nitrogen and oxygen atoms in total. The summed E-state index contributed by atoms with van der Waals surface area (Å²) in [5.74, 6) is -0.910. The van der Waals surface area contributed by atoms with E-state index in [4.69, 9.17) is 14.7 Å². The van der Waals surface area contributed by atoms with Gasteiger partial charge in [0.2, 0.25) is 5.91 Å². The topological polar surface area (TPSA) is 125 Å². The maximum atomic E-state index is 12.1. The van der Waals surface area contributed by atoms with E-state index in [1.54, 1.807) is 36.4 Å². The highest BCUT2D eigenvalue weighted by Crippen LogP contribution is 2.13. The zero-order valence-corrected chi connectivity index (χ0v) is 15.4. The number of rotatable bonds is 7. The van der Waals surface area contributed by atoms with Crippen molar-refractivity contribution in [3.8, 4) is 0 Å². The molecule has 144 valence electrons. The molecule has 0 saturated carbocycles. The average Bonchev–Trinajstić information content (AvgIpc) is 2.65. The van der Waals surface area contributed by atoms with Crippen LogP contribution in [-0.4, -0.2) is 33.1 Å². The van der Waals surface area contributed by atoms with Gasteiger partial charge >= 0.3 is 6.09 Å². The first kappa shape index (κ1) is 20.6. The van der Waals surface area contributed by atoms with Gasteiger partial charge in [0.15, 0.2) is 0 Å². The van der Waals surface area contributed by atoms with Crippen LogP contribution in [0.1, 0.15) is 11.1 Å². The minimum atomic E-state index is -4.06. The summed E-state index contributed by atoms with van der Waals surface area (Å²) in [6, 6.07) is 13.5. The predicted octanol–water partition coefficient (Wildman–Crippen LogP) is 1.48. The SMILES string of the molecule is Cc1ccc(S(=O)(=O)OC[C@H](N)C(=O)NC(=O)OCc2ccccc2)cc1. The molecule has 0 aliphatic carbocycles. The van der Waals surface area contributed by atoms with Crippen molar-refractivity contribution in [1.29, 1.82) is 0 Å². The van der Waals surface area contributed by atoms with Crippen LogP contribution in [0.4, 0.5) is 4.79 Å². The molecule has 0 aliphatic rings. The second-order valence-corrected chi connectivity index (χ2v) is 7.32. The van der Waals surface area contributed by atoms with Crippen LogP contribution in [0, 0.1) is 6.92 Å². The van der Waals surface area contributed by atoms with Crippen molar-refractivity contribution in [3.63, 3.8) is 0 Å². The summed E-state index contributed by atoms with van der Waals surface area (Å²) in [6.45, 7) is 1.18. The molecule has 0 bridgehead atoms.